The highest BCUT2D eigenvalue weighted by Crippen LogP contribution is 2.53. The van der Waals surface area contributed by atoms with Crippen LogP contribution in [0.5, 0.6) is 0 Å². The zero-order valence-corrected chi connectivity index (χ0v) is 7.91. The van der Waals surface area contributed by atoms with Gasteiger partial charge in [-0.2, -0.15) is 0 Å². The van der Waals surface area contributed by atoms with Gasteiger partial charge >= 0.3 is 7.60 Å². The van der Waals surface area contributed by atoms with Gasteiger partial charge in [0.25, 0.3) is 0 Å². The van der Waals surface area contributed by atoms with Gasteiger partial charge in [0.2, 0.25) is 5.47 Å². The predicted octanol–water partition coefficient (Wildman–Crippen LogP) is -3.11. The Bertz CT molecular complexity index is 267. The third kappa shape index (κ3) is 1.60. The van der Waals surface area contributed by atoms with Crippen molar-refractivity contribution in [1.29, 1.82) is 0 Å². The summed E-state index contributed by atoms with van der Waals surface area (Å²) in [6.45, 7) is -0.697. The molecule has 0 aliphatic carbocycles. The van der Waals surface area contributed by atoms with Crippen molar-refractivity contribution in [2.45, 2.75) is 23.8 Å². The lowest BCUT2D eigenvalue weighted by Gasteiger charge is -2.27. The second kappa shape index (κ2) is 3.51. The maximum absolute atomic E-state index is 10.9. The predicted molar refractivity (Wildman–Crippen MR) is 42.9 cm³/mol. The number of rotatable bonds is 2. The fourth-order valence-corrected chi connectivity index (χ4v) is 1.99. The molecule has 1 aliphatic heterocycles. The zero-order chi connectivity index (χ0) is 11.1. The lowest BCUT2D eigenvalue weighted by molar-refractivity contribution is -0.0508. The van der Waals surface area contributed by atoms with E-state index in [1.165, 1.54) is 0 Å². The van der Waals surface area contributed by atoms with Crippen LogP contribution in [0.3, 0.4) is 0 Å². The summed E-state index contributed by atoms with van der Waals surface area (Å²) in [6, 6.07) is 0. The topological polar surface area (TPSA) is 153 Å². The zero-order valence-electron chi connectivity index (χ0n) is 7.02. The van der Waals surface area contributed by atoms with E-state index in [9.17, 15) is 14.8 Å². The van der Waals surface area contributed by atoms with Crippen molar-refractivity contribution in [3.8, 4) is 0 Å². The first-order valence-corrected chi connectivity index (χ1v) is 5.34. The van der Waals surface area contributed by atoms with Crippen LogP contribution in [0.25, 0.3) is 0 Å². The quantitative estimate of drug-likeness (QED) is 0.272. The van der Waals surface area contributed by atoms with Gasteiger partial charge in [-0.05, 0) is 0 Å². The Hall–Kier alpha value is -0.0500. The van der Waals surface area contributed by atoms with E-state index in [-0.39, 0.29) is 0 Å². The lowest BCUT2D eigenvalue weighted by Crippen LogP contribution is -2.50. The van der Waals surface area contributed by atoms with E-state index in [0.29, 0.717) is 0 Å². The molecule has 1 fully saturated rings. The van der Waals surface area contributed by atoms with Gasteiger partial charge in [-0.15, -0.1) is 0 Å². The van der Waals surface area contributed by atoms with E-state index in [2.05, 4.69) is 4.74 Å². The van der Waals surface area contributed by atoms with Gasteiger partial charge in [0.15, 0.2) is 0 Å². The summed E-state index contributed by atoms with van der Waals surface area (Å²) < 4.78 is 15.4. The minimum atomic E-state index is -4.93. The molecular formula is C5H12NO7P. The van der Waals surface area contributed by atoms with Crippen LogP contribution in [0.1, 0.15) is 0 Å². The van der Waals surface area contributed by atoms with Crippen molar-refractivity contribution >= 4 is 7.60 Å². The number of ether oxygens (including phenoxy) is 1. The number of hydrogen-bond donors (Lipinski definition) is 6. The summed E-state index contributed by atoms with van der Waals surface area (Å²) in [6.07, 6.45) is -4.87. The highest BCUT2D eigenvalue weighted by molar-refractivity contribution is 7.53. The van der Waals surface area contributed by atoms with Crippen LogP contribution in [-0.2, 0) is 9.30 Å². The molecule has 0 aromatic heterocycles. The van der Waals surface area contributed by atoms with Crippen LogP contribution in [0.2, 0.25) is 0 Å². The largest absolute Gasteiger partial charge is 0.394 e. The first-order valence-electron chi connectivity index (χ1n) is 3.73. The van der Waals surface area contributed by atoms with Gasteiger partial charge < -0.3 is 29.8 Å². The second-order valence-electron chi connectivity index (χ2n) is 3.07. The van der Waals surface area contributed by atoms with Crippen molar-refractivity contribution in [3.05, 3.63) is 0 Å². The van der Waals surface area contributed by atoms with E-state index in [0.717, 1.165) is 0 Å². The molecule has 14 heavy (non-hydrogen) atoms. The minimum absolute atomic E-state index is 0.697. The standard InChI is InChI=1S/C5H12NO7P/c6-5(14(10,11)12)4(9)3(8)2(1-7)13-5/h2-4,7-9H,1,6H2,(H2,10,11,12)/t2-,3-,4-,5?/m1/s1. The Morgan fingerprint density at radius 3 is 2.14 bits per heavy atom. The molecule has 1 rings (SSSR count). The summed E-state index contributed by atoms with van der Waals surface area (Å²) in [7, 11) is -4.93. The monoisotopic (exact) mass is 229 g/mol. The fraction of sp³-hybridized carbons (Fsp3) is 1.00. The first kappa shape index (κ1) is 12.0. The summed E-state index contributed by atoms with van der Waals surface area (Å²) in [5.41, 5.74) is 2.48. The maximum atomic E-state index is 10.9. The van der Waals surface area contributed by atoms with Gasteiger partial charge in [0.1, 0.15) is 18.3 Å². The molecule has 0 saturated carbocycles. The van der Waals surface area contributed by atoms with Gasteiger partial charge in [-0.25, -0.2) is 0 Å². The highest BCUT2D eigenvalue weighted by Gasteiger charge is 2.61. The molecule has 1 unspecified atom stereocenters. The SMILES string of the molecule is NC1(P(=O)(O)O)O[C@H](CO)[C@@H](O)[C@H]1O. The van der Waals surface area contributed by atoms with E-state index in [4.69, 9.17) is 20.6 Å². The fourth-order valence-electron chi connectivity index (χ4n) is 1.22. The number of aliphatic hydroxyl groups is 3. The summed E-state index contributed by atoms with van der Waals surface area (Å²) in [4.78, 5) is 17.6. The molecule has 84 valence electrons. The van der Waals surface area contributed by atoms with Crippen LogP contribution >= 0.6 is 7.60 Å². The molecule has 0 aromatic rings. The van der Waals surface area contributed by atoms with Crippen molar-refractivity contribution in [2.24, 2.45) is 5.73 Å². The lowest BCUT2D eigenvalue weighted by atomic mass is 10.1. The normalized spacial score (nSPS) is 44.3. The van der Waals surface area contributed by atoms with Crippen LogP contribution in [0.15, 0.2) is 0 Å². The molecule has 4 atom stereocenters. The Balaban J connectivity index is 2.99. The summed E-state index contributed by atoms with van der Waals surface area (Å²) >= 11 is 0. The van der Waals surface area contributed by atoms with Gasteiger partial charge in [0, 0.05) is 0 Å². The summed E-state index contributed by atoms with van der Waals surface area (Å²) in [5.74, 6) is 0. The minimum Gasteiger partial charge on any atom is -0.394 e. The third-order valence-electron chi connectivity index (χ3n) is 2.10. The first-order chi connectivity index (χ1) is 6.24. The number of hydrogen-bond acceptors (Lipinski definition) is 6. The molecule has 0 spiro atoms. The molecule has 1 heterocycles. The Labute approximate surface area is 79.1 Å². The Morgan fingerprint density at radius 2 is 1.93 bits per heavy atom. The Kier molecular flexibility index (Phi) is 3.01. The molecule has 0 bridgehead atoms. The third-order valence-corrected chi connectivity index (χ3v) is 3.38. The maximum Gasteiger partial charge on any atom is 0.374 e. The van der Waals surface area contributed by atoms with E-state index < -0.39 is 38.0 Å². The number of nitrogens with two attached hydrogens (primary N) is 1. The average molecular weight is 229 g/mol. The number of aliphatic hydroxyl groups excluding tert-OH is 3. The van der Waals surface area contributed by atoms with Crippen LogP contribution in [-0.4, -0.2) is 55.5 Å². The molecule has 1 aliphatic rings. The Morgan fingerprint density at radius 1 is 1.43 bits per heavy atom. The van der Waals surface area contributed by atoms with Crippen molar-refractivity contribution in [2.75, 3.05) is 6.61 Å². The molecule has 1 saturated heterocycles. The highest BCUT2D eigenvalue weighted by atomic mass is 31.2. The smallest absolute Gasteiger partial charge is 0.374 e. The molecule has 9 heteroatoms. The molecule has 0 amide bonds. The molecule has 8 nitrogen and oxygen atoms in total. The molecule has 0 aromatic carbocycles. The second-order valence-corrected chi connectivity index (χ2v) is 4.86. The van der Waals surface area contributed by atoms with Crippen molar-refractivity contribution in [3.63, 3.8) is 0 Å². The van der Waals surface area contributed by atoms with E-state index in [1.807, 2.05) is 0 Å². The van der Waals surface area contributed by atoms with Gasteiger partial charge in [-0.1, -0.05) is 0 Å². The van der Waals surface area contributed by atoms with Gasteiger partial charge in [-0.3, -0.25) is 10.3 Å². The molecule has 7 N–H and O–H groups in total. The van der Waals surface area contributed by atoms with Crippen molar-refractivity contribution < 1.29 is 34.4 Å². The van der Waals surface area contributed by atoms with Crippen LogP contribution in [0.4, 0.5) is 0 Å². The van der Waals surface area contributed by atoms with E-state index >= 15 is 0 Å². The van der Waals surface area contributed by atoms with Crippen LogP contribution < -0.4 is 5.73 Å². The molecular weight excluding hydrogens is 217 g/mol. The average Bonchev–Trinajstić information content (AvgIpc) is 2.29. The molecule has 0 radical (unpaired) electrons. The van der Waals surface area contributed by atoms with Crippen LogP contribution in [0, 0.1) is 0 Å². The van der Waals surface area contributed by atoms with Gasteiger partial charge in [0.05, 0.1) is 6.61 Å². The van der Waals surface area contributed by atoms with E-state index in [1.54, 1.807) is 0 Å². The van der Waals surface area contributed by atoms with Crippen molar-refractivity contribution in [1.82, 2.24) is 0 Å². The summed E-state index contributed by atoms with van der Waals surface area (Å²) in [5, 5.41) is 27.1.